The highest BCUT2D eigenvalue weighted by Gasteiger charge is 2.16. The third kappa shape index (κ3) is 2.05. The van der Waals surface area contributed by atoms with Crippen LogP contribution in [0, 0.1) is 0 Å². The number of carbonyl (C=O) groups excluding carboxylic acids is 1. The lowest BCUT2D eigenvalue weighted by Crippen LogP contribution is -1.96. The zero-order valence-electron chi connectivity index (χ0n) is 9.14. The molecule has 0 aliphatic heterocycles. The van der Waals surface area contributed by atoms with Crippen LogP contribution in [-0.2, 0) is 6.54 Å². The van der Waals surface area contributed by atoms with Crippen LogP contribution in [0.4, 0.5) is 0 Å². The molecule has 0 saturated heterocycles. The number of benzene rings is 1. The average molecular weight is 291 g/mol. The summed E-state index contributed by atoms with van der Waals surface area (Å²) >= 11 is 18.1. The maximum Gasteiger partial charge on any atom is 0.153 e. The smallest absolute Gasteiger partial charge is 0.153 e. The first-order valence-electron chi connectivity index (χ1n) is 5.22. The van der Waals surface area contributed by atoms with Crippen molar-refractivity contribution in [3.63, 3.8) is 0 Å². The summed E-state index contributed by atoms with van der Waals surface area (Å²) in [5.41, 5.74) is 1.31. The molecule has 0 saturated carbocycles. The highest BCUT2D eigenvalue weighted by molar-refractivity contribution is 6.43. The lowest BCUT2D eigenvalue weighted by molar-refractivity contribution is 0.112. The second kappa shape index (κ2) is 4.89. The fourth-order valence-electron chi connectivity index (χ4n) is 1.89. The van der Waals surface area contributed by atoms with Crippen LogP contribution in [0.3, 0.4) is 0 Å². The zero-order chi connectivity index (χ0) is 12.6. The molecule has 0 spiro atoms. The van der Waals surface area contributed by atoms with Gasteiger partial charge in [0, 0.05) is 11.9 Å². The Morgan fingerprint density at radius 2 is 1.88 bits per heavy atom. The Morgan fingerprint density at radius 3 is 2.47 bits per heavy atom. The molecule has 0 aliphatic rings. The topological polar surface area (TPSA) is 22.0 Å². The zero-order valence-corrected chi connectivity index (χ0v) is 11.4. The first-order valence-corrected chi connectivity index (χ1v) is 6.35. The number of aldehydes is 1. The van der Waals surface area contributed by atoms with E-state index < -0.39 is 0 Å². The van der Waals surface area contributed by atoms with Crippen LogP contribution in [-0.4, -0.2) is 10.9 Å². The molecule has 90 valence electrons. The fraction of sp³-hybridized carbons (Fsp3) is 0.250. The number of aryl methyl sites for hydroxylation is 1. The van der Waals surface area contributed by atoms with Gasteiger partial charge in [0.05, 0.1) is 21.1 Å². The minimum atomic E-state index is 0.424. The normalized spacial score (nSPS) is 11.1. The third-order valence-corrected chi connectivity index (χ3v) is 3.77. The summed E-state index contributed by atoms with van der Waals surface area (Å²) in [6.45, 7) is 2.78. The fourth-order valence-corrected chi connectivity index (χ4v) is 2.54. The van der Waals surface area contributed by atoms with Crippen molar-refractivity contribution in [3.05, 3.63) is 32.9 Å². The number of nitrogens with zero attached hydrogens (tertiary/aromatic N) is 1. The lowest BCUT2D eigenvalue weighted by atomic mass is 10.2. The largest absolute Gasteiger partial charge is 0.331 e. The van der Waals surface area contributed by atoms with Gasteiger partial charge in [-0.1, -0.05) is 41.7 Å². The van der Waals surface area contributed by atoms with E-state index in [1.807, 2.05) is 11.5 Å². The maximum absolute atomic E-state index is 11.1. The Balaban J connectivity index is 2.85. The molecule has 1 aromatic heterocycles. The van der Waals surface area contributed by atoms with Crippen LogP contribution in [0.15, 0.2) is 12.1 Å². The number of fused-ring (bicyclic) bond motifs is 1. The van der Waals surface area contributed by atoms with Crippen molar-refractivity contribution in [2.24, 2.45) is 0 Å². The predicted octanol–water partition coefficient (Wildman–Crippen LogP) is 4.82. The predicted molar refractivity (Wildman–Crippen MR) is 72.6 cm³/mol. The molecule has 1 heterocycles. The van der Waals surface area contributed by atoms with Gasteiger partial charge in [-0.25, -0.2) is 0 Å². The van der Waals surface area contributed by atoms with Crippen molar-refractivity contribution in [1.29, 1.82) is 0 Å². The summed E-state index contributed by atoms with van der Waals surface area (Å²) in [5.74, 6) is 0. The average Bonchev–Trinajstić information content (AvgIpc) is 2.54. The highest BCUT2D eigenvalue weighted by atomic mass is 35.5. The molecule has 0 amide bonds. The minimum absolute atomic E-state index is 0.424. The molecule has 2 aromatic rings. The van der Waals surface area contributed by atoms with E-state index in [2.05, 4.69) is 0 Å². The molecular formula is C12H10Cl3NO. The van der Waals surface area contributed by atoms with E-state index in [0.717, 1.165) is 30.2 Å². The van der Waals surface area contributed by atoms with Gasteiger partial charge in [0.2, 0.25) is 0 Å². The van der Waals surface area contributed by atoms with Crippen LogP contribution in [0.1, 0.15) is 23.7 Å². The molecule has 0 N–H and O–H groups in total. The summed E-state index contributed by atoms with van der Waals surface area (Å²) in [5, 5.41) is 2.07. The molecule has 17 heavy (non-hydrogen) atoms. The molecule has 5 heteroatoms. The summed E-state index contributed by atoms with van der Waals surface area (Å²) in [6, 6.07) is 3.43. The molecular weight excluding hydrogens is 280 g/mol. The molecule has 2 rings (SSSR count). The number of aromatic nitrogens is 1. The van der Waals surface area contributed by atoms with Gasteiger partial charge < -0.3 is 4.57 Å². The van der Waals surface area contributed by atoms with Crippen molar-refractivity contribution in [3.8, 4) is 0 Å². The molecule has 1 aromatic carbocycles. The number of hydrogen-bond donors (Lipinski definition) is 0. The molecule has 0 bridgehead atoms. The molecule has 0 atom stereocenters. The van der Waals surface area contributed by atoms with Crippen molar-refractivity contribution < 1.29 is 4.79 Å². The molecule has 2 nitrogen and oxygen atoms in total. The van der Waals surface area contributed by atoms with Crippen molar-refractivity contribution in [2.45, 2.75) is 19.9 Å². The van der Waals surface area contributed by atoms with Crippen molar-refractivity contribution in [1.82, 2.24) is 4.57 Å². The summed E-state index contributed by atoms with van der Waals surface area (Å²) < 4.78 is 1.88. The van der Waals surface area contributed by atoms with E-state index in [0.29, 0.717) is 20.8 Å². The summed E-state index contributed by atoms with van der Waals surface area (Å²) in [7, 11) is 0. The first-order chi connectivity index (χ1) is 8.10. The lowest BCUT2D eigenvalue weighted by Gasteiger charge is -2.05. The van der Waals surface area contributed by atoms with Gasteiger partial charge in [0.15, 0.2) is 6.29 Å². The first kappa shape index (κ1) is 12.7. The summed E-state index contributed by atoms with van der Waals surface area (Å²) in [6.07, 6.45) is 1.67. The van der Waals surface area contributed by atoms with Crippen LogP contribution in [0.5, 0.6) is 0 Å². The monoisotopic (exact) mass is 289 g/mol. The van der Waals surface area contributed by atoms with E-state index >= 15 is 0 Å². The Bertz CT molecular complexity index is 589. The van der Waals surface area contributed by atoms with E-state index in [4.69, 9.17) is 34.8 Å². The summed E-state index contributed by atoms with van der Waals surface area (Å²) in [4.78, 5) is 11.1. The number of rotatable bonds is 3. The van der Waals surface area contributed by atoms with Crippen LogP contribution in [0.2, 0.25) is 15.2 Å². The third-order valence-electron chi connectivity index (χ3n) is 2.64. The van der Waals surface area contributed by atoms with Crippen LogP contribution < -0.4 is 0 Å². The minimum Gasteiger partial charge on any atom is -0.331 e. The maximum atomic E-state index is 11.1. The van der Waals surface area contributed by atoms with E-state index in [1.165, 1.54) is 0 Å². The molecule has 0 fully saturated rings. The second-order valence-electron chi connectivity index (χ2n) is 3.76. The molecule has 0 unspecified atom stereocenters. The van der Waals surface area contributed by atoms with Crippen LogP contribution >= 0.6 is 34.8 Å². The number of carbonyl (C=O) groups is 1. The van der Waals surface area contributed by atoms with Gasteiger partial charge in [0.25, 0.3) is 0 Å². The SMILES string of the molecule is CCCn1c(Cl)c(C=O)c2cc(Cl)c(Cl)cc21. The quantitative estimate of drug-likeness (QED) is 0.743. The van der Waals surface area contributed by atoms with Gasteiger partial charge in [0.1, 0.15) is 5.15 Å². The van der Waals surface area contributed by atoms with Gasteiger partial charge in [-0.3, -0.25) is 4.79 Å². The van der Waals surface area contributed by atoms with Crippen LogP contribution in [0.25, 0.3) is 10.9 Å². The van der Waals surface area contributed by atoms with Gasteiger partial charge >= 0.3 is 0 Å². The Morgan fingerprint density at radius 1 is 1.24 bits per heavy atom. The number of halogens is 3. The number of hydrogen-bond acceptors (Lipinski definition) is 1. The highest BCUT2D eigenvalue weighted by Crippen LogP contribution is 2.34. The standard InChI is InChI=1S/C12H10Cl3NO/c1-2-3-16-11-5-10(14)9(13)4-7(11)8(6-17)12(16)15/h4-6H,2-3H2,1H3. The van der Waals surface area contributed by atoms with Gasteiger partial charge in [-0.2, -0.15) is 0 Å². The molecule has 0 aliphatic carbocycles. The second-order valence-corrected chi connectivity index (χ2v) is 4.93. The van der Waals surface area contributed by atoms with E-state index in [9.17, 15) is 4.79 Å². The van der Waals surface area contributed by atoms with E-state index in [1.54, 1.807) is 12.1 Å². The van der Waals surface area contributed by atoms with Crippen molar-refractivity contribution in [2.75, 3.05) is 0 Å². The van der Waals surface area contributed by atoms with E-state index in [-0.39, 0.29) is 0 Å². The Kier molecular flexibility index (Phi) is 3.67. The molecule has 0 radical (unpaired) electrons. The van der Waals surface area contributed by atoms with Gasteiger partial charge in [-0.05, 0) is 18.6 Å². The van der Waals surface area contributed by atoms with Crippen molar-refractivity contribution >= 4 is 52.0 Å². The van der Waals surface area contributed by atoms with Gasteiger partial charge in [-0.15, -0.1) is 0 Å². The Labute approximate surface area is 114 Å². The Hall–Kier alpha value is -0.700.